The molecule has 1 fully saturated rings. The average Bonchev–Trinajstić information content (AvgIpc) is 2.36. The van der Waals surface area contributed by atoms with Crippen molar-refractivity contribution in [1.29, 1.82) is 0 Å². The summed E-state index contributed by atoms with van der Waals surface area (Å²) in [6.07, 6.45) is -0.595. The maximum Gasteiger partial charge on any atom is 0.304 e. The minimum absolute atomic E-state index is 0.178. The number of β-lactam (4-membered cyclic amide) rings is 1. The lowest BCUT2D eigenvalue weighted by Crippen LogP contribution is -2.70. The molecule has 1 aliphatic heterocycles. The van der Waals surface area contributed by atoms with Crippen LogP contribution >= 0.6 is 0 Å². The van der Waals surface area contributed by atoms with Crippen LogP contribution in [-0.2, 0) is 25.5 Å². The van der Waals surface area contributed by atoms with Crippen LogP contribution in [0.1, 0.15) is 12.5 Å². The molecule has 6 nitrogen and oxygen atoms in total. The molecule has 2 amide bonds. The molecule has 0 unspecified atom stereocenters. The second-order valence-electron chi connectivity index (χ2n) is 4.25. The molecule has 1 saturated heterocycles. The Labute approximate surface area is 110 Å². The number of hydrogen-bond acceptors (Lipinski definition) is 4. The first kappa shape index (κ1) is 13.1. The van der Waals surface area contributed by atoms with Gasteiger partial charge in [0.1, 0.15) is 0 Å². The second-order valence-corrected chi connectivity index (χ2v) is 4.25. The highest BCUT2D eigenvalue weighted by molar-refractivity contribution is 5.93. The molecule has 1 heterocycles. The van der Waals surface area contributed by atoms with Crippen molar-refractivity contribution in [3.05, 3.63) is 35.9 Å². The standard InChI is InChI=1S/C13H14N2O4/c1-8(16)19-13-11(12(18)15-13)14-10(17)7-9-5-3-2-4-6-9/h2-6,11,13H,7H2,1H3,(H,14,17)(H,15,18)/t11-,13+/m1/s1. The minimum Gasteiger partial charge on any atom is -0.439 e. The van der Waals surface area contributed by atoms with Crippen LogP contribution in [0, 0.1) is 0 Å². The summed E-state index contributed by atoms with van der Waals surface area (Å²) < 4.78 is 4.83. The fourth-order valence-corrected chi connectivity index (χ4v) is 1.78. The topological polar surface area (TPSA) is 84.5 Å². The van der Waals surface area contributed by atoms with Gasteiger partial charge in [0.2, 0.25) is 12.1 Å². The van der Waals surface area contributed by atoms with Crippen molar-refractivity contribution in [2.24, 2.45) is 0 Å². The van der Waals surface area contributed by atoms with E-state index in [0.29, 0.717) is 0 Å². The third kappa shape index (κ3) is 3.31. The molecule has 100 valence electrons. The fourth-order valence-electron chi connectivity index (χ4n) is 1.78. The van der Waals surface area contributed by atoms with E-state index < -0.39 is 18.2 Å². The molecule has 2 rings (SSSR count). The van der Waals surface area contributed by atoms with Crippen LogP contribution < -0.4 is 10.6 Å². The molecule has 0 aromatic heterocycles. The van der Waals surface area contributed by atoms with E-state index in [1.807, 2.05) is 30.3 Å². The Morgan fingerprint density at radius 2 is 2.00 bits per heavy atom. The van der Waals surface area contributed by atoms with Crippen molar-refractivity contribution in [1.82, 2.24) is 10.6 Å². The van der Waals surface area contributed by atoms with Crippen LogP contribution in [0.5, 0.6) is 0 Å². The Morgan fingerprint density at radius 1 is 1.32 bits per heavy atom. The predicted molar refractivity (Wildman–Crippen MR) is 65.8 cm³/mol. The van der Waals surface area contributed by atoms with E-state index in [9.17, 15) is 14.4 Å². The van der Waals surface area contributed by atoms with Crippen molar-refractivity contribution in [2.75, 3.05) is 0 Å². The van der Waals surface area contributed by atoms with Crippen molar-refractivity contribution in [3.63, 3.8) is 0 Å². The maximum absolute atomic E-state index is 11.8. The first-order valence-corrected chi connectivity index (χ1v) is 5.87. The molecular weight excluding hydrogens is 248 g/mol. The second kappa shape index (κ2) is 5.51. The summed E-state index contributed by atoms with van der Waals surface area (Å²) in [5, 5.41) is 4.94. The molecule has 6 heteroatoms. The van der Waals surface area contributed by atoms with E-state index in [4.69, 9.17) is 4.74 Å². The van der Waals surface area contributed by atoms with Crippen molar-refractivity contribution in [2.45, 2.75) is 25.6 Å². The summed E-state index contributed by atoms with van der Waals surface area (Å²) in [6, 6.07) is 8.37. The zero-order valence-electron chi connectivity index (χ0n) is 10.4. The van der Waals surface area contributed by atoms with E-state index in [-0.39, 0.29) is 18.2 Å². The first-order valence-electron chi connectivity index (χ1n) is 5.87. The molecule has 0 radical (unpaired) electrons. The highest BCUT2D eigenvalue weighted by Gasteiger charge is 2.42. The van der Waals surface area contributed by atoms with Crippen LogP contribution in [0.4, 0.5) is 0 Å². The average molecular weight is 262 g/mol. The Bertz CT molecular complexity index is 501. The number of ether oxygens (including phenoxy) is 1. The molecule has 19 heavy (non-hydrogen) atoms. The van der Waals surface area contributed by atoms with Gasteiger partial charge in [0.15, 0.2) is 6.04 Å². The van der Waals surface area contributed by atoms with Gasteiger partial charge in [0.05, 0.1) is 6.42 Å². The van der Waals surface area contributed by atoms with Gasteiger partial charge in [-0.2, -0.15) is 0 Å². The van der Waals surface area contributed by atoms with Crippen LogP contribution in [0.25, 0.3) is 0 Å². The number of hydrogen-bond donors (Lipinski definition) is 2. The van der Waals surface area contributed by atoms with Crippen LogP contribution in [0.2, 0.25) is 0 Å². The number of carbonyl (C=O) groups excluding carboxylic acids is 3. The molecule has 2 N–H and O–H groups in total. The third-order valence-corrected chi connectivity index (χ3v) is 2.69. The number of carbonyl (C=O) groups is 3. The van der Waals surface area contributed by atoms with Crippen LogP contribution in [0.15, 0.2) is 30.3 Å². The lowest BCUT2D eigenvalue weighted by molar-refractivity contribution is -0.164. The number of benzene rings is 1. The van der Waals surface area contributed by atoms with Gasteiger partial charge in [-0.3, -0.25) is 14.4 Å². The molecule has 1 aliphatic rings. The number of amides is 2. The largest absolute Gasteiger partial charge is 0.439 e. The molecule has 0 aliphatic carbocycles. The minimum atomic E-state index is -0.805. The lowest BCUT2D eigenvalue weighted by atomic mass is 10.1. The zero-order chi connectivity index (χ0) is 13.8. The monoisotopic (exact) mass is 262 g/mol. The summed E-state index contributed by atoms with van der Waals surface area (Å²) in [4.78, 5) is 33.8. The lowest BCUT2D eigenvalue weighted by Gasteiger charge is -2.35. The van der Waals surface area contributed by atoms with Gasteiger partial charge in [-0.1, -0.05) is 30.3 Å². The molecule has 2 atom stereocenters. The van der Waals surface area contributed by atoms with Gasteiger partial charge >= 0.3 is 5.97 Å². The van der Waals surface area contributed by atoms with Gasteiger partial charge < -0.3 is 15.4 Å². The van der Waals surface area contributed by atoms with E-state index in [1.165, 1.54) is 6.92 Å². The van der Waals surface area contributed by atoms with E-state index in [1.54, 1.807) is 0 Å². The summed E-state index contributed by atoms with van der Waals surface area (Å²) >= 11 is 0. The zero-order valence-corrected chi connectivity index (χ0v) is 10.4. The van der Waals surface area contributed by atoms with E-state index in [2.05, 4.69) is 10.6 Å². The SMILES string of the molecule is CC(=O)O[C@@H]1NC(=O)[C@H]1NC(=O)Cc1ccccc1. The number of rotatable bonds is 4. The normalized spacial score (nSPS) is 21.0. The molecule has 1 aromatic carbocycles. The molecular formula is C13H14N2O4. The first-order chi connectivity index (χ1) is 9.06. The van der Waals surface area contributed by atoms with Crippen molar-refractivity contribution >= 4 is 17.8 Å². The van der Waals surface area contributed by atoms with Gasteiger partial charge in [-0.15, -0.1) is 0 Å². The number of esters is 1. The van der Waals surface area contributed by atoms with Gasteiger partial charge in [0, 0.05) is 6.92 Å². The fraction of sp³-hybridized carbons (Fsp3) is 0.308. The smallest absolute Gasteiger partial charge is 0.304 e. The van der Waals surface area contributed by atoms with Crippen molar-refractivity contribution in [3.8, 4) is 0 Å². The highest BCUT2D eigenvalue weighted by atomic mass is 16.6. The Hall–Kier alpha value is -2.37. The summed E-state index contributed by atoms with van der Waals surface area (Å²) in [5.41, 5.74) is 0.851. The van der Waals surface area contributed by atoms with Crippen LogP contribution in [0.3, 0.4) is 0 Å². The quantitative estimate of drug-likeness (QED) is 0.578. The maximum atomic E-state index is 11.8. The Morgan fingerprint density at radius 3 is 2.58 bits per heavy atom. The molecule has 0 spiro atoms. The Kier molecular flexibility index (Phi) is 3.79. The van der Waals surface area contributed by atoms with Gasteiger partial charge in [-0.25, -0.2) is 0 Å². The highest BCUT2D eigenvalue weighted by Crippen LogP contribution is 2.09. The Balaban J connectivity index is 1.88. The molecule has 0 bridgehead atoms. The molecule has 0 saturated carbocycles. The third-order valence-electron chi connectivity index (χ3n) is 2.69. The van der Waals surface area contributed by atoms with E-state index >= 15 is 0 Å². The molecule has 1 aromatic rings. The summed E-state index contributed by atoms with van der Waals surface area (Å²) in [5.74, 6) is -1.15. The predicted octanol–water partition coefficient (Wildman–Crippen LogP) is -0.267. The van der Waals surface area contributed by atoms with Crippen molar-refractivity contribution < 1.29 is 19.1 Å². The van der Waals surface area contributed by atoms with Crippen LogP contribution in [-0.4, -0.2) is 30.1 Å². The van der Waals surface area contributed by atoms with Gasteiger partial charge in [-0.05, 0) is 5.56 Å². The van der Waals surface area contributed by atoms with E-state index in [0.717, 1.165) is 5.56 Å². The summed E-state index contributed by atoms with van der Waals surface area (Å²) in [7, 11) is 0. The number of nitrogens with one attached hydrogen (secondary N) is 2. The summed E-state index contributed by atoms with van der Waals surface area (Å²) in [6.45, 7) is 1.24. The van der Waals surface area contributed by atoms with Gasteiger partial charge in [0.25, 0.3) is 5.91 Å².